The fourth-order valence-corrected chi connectivity index (χ4v) is 7.00. The van der Waals surface area contributed by atoms with Crippen LogP contribution >= 0.6 is 22.7 Å². The molecule has 0 amide bonds. The number of aromatic nitrogens is 2. The fraction of sp³-hybridized carbons (Fsp3) is 0. The first kappa shape index (κ1) is 27.0. The summed E-state index contributed by atoms with van der Waals surface area (Å²) in [5, 5.41) is 26.5. The zero-order chi connectivity index (χ0) is 27.1. The second-order valence-electron chi connectivity index (χ2n) is 9.34. The van der Waals surface area contributed by atoms with Gasteiger partial charge >= 0.3 is 0 Å². The molecule has 194 valence electrons. The summed E-state index contributed by atoms with van der Waals surface area (Å²) in [7, 11) is 0. The van der Waals surface area contributed by atoms with Crippen molar-refractivity contribution in [3.8, 4) is 32.6 Å². The largest absolute Gasteiger partial charge is 0.507 e. The molecule has 0 aliphatic heterocycles. The molecule has 0 spiro atoms. The number of hydrogen-bond acceptors (Lipinski definition) is 6. The van der Waals surface area contributed by atoms with E-state index in [0.29, 0.717) is 0 Å². The maximum Gasteiger partial charge on any atom is 0.128 e. The van der Waals surface area contributed by atoms with Crippen LogP contribution in [0.4, 0.5) is 0 Å². The van der Waals surface area contributed by atoms with E-state index in [9.17, 15) is 10.2 Å². The summed E-state index contributed by atoms with van der Waals surface area (Å²) < 4.78 is 2.27. The monoisotopic (exact) mass is 618 g/mol. The van der Waals surface area contributed by atoms with Crippen molar-refractivity contribution in [1.82, 2.24) is 9.97 Å². The molecule has 0 aliphatic carbocycles. The molecule has 6 aromatic carbocycles. The van der Waals surface area contributed by atoms with E-state index in [-0.39, 0.29) is 31.0 Å². The molecule has 0 radical (unpaired) electrons. The number of phenols is 2. The second-order valence-corrected chi connectivity index (χ2v) is 11.4. The number of para-hydroxylation sites is 2. The first-order valence-corrected chi connectivity index (χ1v) is 14.4. The smallest absolute Gasteiger partial charge is 0.128 e. The Bertz CT molecular complexity index is 1950. The van der Waals surface area contributed by atoms with Gasteiger partial charge < -0.3 is 10.2 Å². The van der Waals surface area contributed by atoms with Crippen LogP contribution in [0, 0.1) is 0 Å². The number of phenolic OH excluding ortho intramolecular Hbond substituents is 2. The summed E-state index contributed by atoms with van der Waals surface area (Å²) >= 11 is 3.22. The van der Waals surface area contributed by atoms with E-state index in [1.54, 1.807) is 34.8 Å². The number of nitrogens with zero attached hydrogens (tertiary/aromatic N) is 2. The van der Waals surface area contributed by atoms with Gasteiger partial charge in [-0.15, -0.1) is 22.7 Å². The molecular weight excluding hydrogens is 598 g/mol. The van der Waals surface area contributed by atoms with Gasteiger partial charge in [0.05, 0.1) is 31.6 Å². The molecule has 2 heterocycles. The average Bonchev–Trinajstić information content (AvgIpc) is 3.61. The zero-order valence-electron chi connectivity index (χ0n) is 21.9. The molecule has 0 bridgehead atoms. The Labute approximate surface area is 257 Å². The second kappa shape index (κ2) is 11.4. The molecular formula is C34H22N2O2S2Zn. The van der Waals surface area contributed by atoms with Crippen molar-refractivity contribution in [2.45, 2.75) is 0 Å². The quantitative estimate of drug-likeness (QED) is 0.189. The summed E-state index contributed by atoms with van der Waals surface area (Å²) in [6.07, 6.45) is 0. The van der Waals surface area contributed by atoms with E-state index < -0.39 is 0 Å². The van der Waals surface area contributed by atoms with Crippen molar-refractivity contribution in [2.24, 2.45) is 0 Å². The number of rotatable bonds is 2. The molecule has 2 aromatic heterocycles. The molecule has 0 fully saturated rings. The van der Waals surface area contributed by atoms with Gasteiger partial charge in [-0.25, -0.2) is 9.97 Å². The molecule has 0 saturated carbocycles. The normalized spacial score (nSPS) is 10.9. The van der Waals surface area contributed by atoms with Gasteiger partial charge in [0.15, 0.2) is 0 Å². The van der Waals surface area contributed by atoms with E-state index in [1.807, 2.05) is 97.1 Å². The van der Waals surface area contributed by atoms with Crippen molar-refractivity contribution >= 4 is 64.7 Å². The summed E-state index contributed by atoms with van der Waals surface area (Å²) in [6.45, 7) is 0. The first-order valence-electron chi connectivity index (χ1n) is 12.8. The van der Waals surface area contributed by atoms with Gasteiger partial charge in [0, 0.05) is 19.5 Å². The Kier molecular flexibility index (Phi) is 7.50. The van der Waals surface area contributed by atoms with E-state index in [4.69, 9.17) is 0 Å². The molecule has 8 rings (SSSR count). The first-order chi connectivity index (χ1) is 19.7. The van der Waals surface area contributed by atoms with Crippen LogP contribution in [0.3, 0.4) is 0 Å². The topological polar surface area (TPSA) is 66.2 Å². The van der Waals surface area contributed by atoms with Gasteiger partial charge in [-0.3, -0.25) is 0 Å². The van der Waals surface area contributed by atoms with Gasteiger partial charge in [0.2, 0.25) is 0 Å². The Morgan fingerprint density at radius 3 is 1.27 bits per heavy atom. The van der Waals surface area contributed by atoms with E-state index >= 15 is 0 Å². The minimum absolute atomic E-state index is 0. The van der Waals surface area contributed by atoms with Crippen molar-refractivity contribution in [2.75, 3.05) is 0 Å². The molecule has 0 saturated heterocycles. The standard InChI is InChI=1S/2C17H11NOS.Zn/c2*19-14-10-9-11-5-1-2-6-12(11)16(14)17-18-13-7-3-4-8-15(13)20-17;/h2*1-10,19H;. The Morgan fingerprint density at radius 1 is 0.439 bits per heavy atom. The van der Waals surface area contributed by atoms with E-state index in [2.05, 4.69) is 22.1 Å². The minimum Gasteiger partial charge on any atom is -0.507 e. The third-order valence-corrected chi connectivity index (χ3v) is 8.94. The van der Waals surface area contributed by atoms with Gasteiger partial charge in [-0.1, -0.05) is 84.9 Å². The molecule has 8 aromatic rings. The summed E-state index contributed by atoms with van der Waals surface area (Å²) in [5.41, 5.74) is 3.59. The van der Waals surface area contributed by atoms with E-state index in [1.165, 1.54) is 0 Å². The van der Waals surface area contributed by atoms with Gasteiger partial charge in [-0.05, 0) is 57.9 Å². The third-order valence-electron chi connectivity index (χ3n) is 6.83. The van der Waals surface area contributed by atoms with Crippen LogP contribution in [-0.2, 0) is 19.5 Å². The Morgan fingerprint density at radius 2 is 0.829 bits per heavy atom. The molecule has 0 atom stereocenters. The molecule has 2 N–H and O–H groups in total. The van der Waals surface area contributed by atoms with Crippen LogP contribution in [0.1, 0.15) is 0 Å². The fourth-order valence-electron chi connectivity index (χ4n) is 4.93. The number of aromatic hydroxyl groups is 2. The summed E-state index contributed by atoms with van der Waals surface area (Å²) in [6, 6.07) is 39.5. The van der Waals surface area contributed by atoms with Crippen molar-refractivity contribution in [3.05, 3.63) is 121 Å². The Hall–Kier alpha value is -4.16. The molecule has 0 unspecified atom stereocenters. The van der Waals surface area contributed by atoms with Crippen molar-refractivity contribution in [1.29, 1.82) is 0 Å². The third kappa shape index (κ3) is 5.09. The summed E-state index contributed by atoms with van der Waals surface area (Å²) in [4.78, 5) is 9.30. The maximum atomic E-state index is 10.3. The molecule has 4 nitrogen and oxygen atoms in total. The maximum absolute atomic E-state index is 10.3. The van der Waals surface area contributed by atoms with Crippen LogP contribution in [0.2, 0.25) is 0 Å². The SMILES string of the molecule is Oc1ccc2ccccc2c1-c1nc2ccccc2s1.Oc1ccc2ccccc2c1-c1nc2ccccc2s1.[Zn]. The molecule has 0 aliphatic rings. The van der Waals surface area contributed by atoms with Crippen molar-refractivity contribution < 1.29 is 29.7 Å². The van der Waals surface area contributed by atoms with Crippen LogP contribution in [0.5, 0.6) is 11.5 Å². The minimum atomic E-state index is 0. The van der Waals surface area contributed by atoms with Crippen LogP contribution < -0.4 is 0 Å². The van der Waals surface area contributed by atoms with Gasteiger partial charge in [-0.2, -0.15) is 0 Å². The summed E-state index contributed by atoms with van der Waals surface area (Å²) in [5.74, 6) is 0.561. The molecule has 41 heavy (non-hydrogen) atoms. The Balaban J connectivity index is 0.000000144. The zero-order valence-corrected chi connectivity index (χ0v) is 26.5. The van der Waals surface area contributed by atoms with Gasteiger partial charge in [0.1, 0.15) is 21.5 Å². The number of thiazole rings is 2. The van der Waals surface area contributed by atoms with Crippen LogP contribution in [0.25, 0.3) is 63.1 Å². The van der Waals surface area contributed by atoms with Crippen molar-refractivity contribution in [3.63, 3.8) is 0 Å². The van der Waals surface area contributed by atoms with Crippen LogP contribution in [-0.4, -0.2) is 20.2 Å². The van der Waals surface area contributed by atoms with Gasteiger partial charge in [0.25, 0.3) is 0 Å². The molecule has 7 heteroatoms. The average molecular weight is 620 g/mol. The number of hydrogen-bond donors (Lipinski definition) is 2. The van der Waals surface area contributed by atoms with E-state index in [0.717, 1.165) is 63.1 Å². The number of fused-ring (bicyclic) bond motifs is 4. The van der Waals surface area contributed by atoms with Crippen LogP contribution in [0.15, 0.2) is 121 Å². The predicted molar refractivity (Wildman–Crippen MR) is 168 cm³/mol. The number of benzene rings is 6. The predicted octanol–water partition coefficient (Wildman–Crippen LogP) is 9.64.